The lowest BCUT2D eigenvalue weighted by atomic mass is 9.98. The molecule has 23 heavy (non-hydrogen) atoms. The number of carbonyl (C=O) groups excluding carboxylic acids is 1. The summed E-state index contributed by atoms with van der Waals surface area (Å²) in [5, 5.41) is 3.28. The van der Waals surface area contributed by atoms with Crippen molar-refractivity contribution in [3.8, 4) is 5.75 Å². The van der Waals surface area contributed by atoms with Crippen LogP contribution in [0.1, 0.15) is 19.8 Å². The largest absolute Gasteiger partial charge is 0.495 e. The number of rotatable bonds is 5. The van der Waals surface area contributed by atoms with Gasteiger partial charge in [-0.25, -0.2) is 12.7 Å². The van der Waals surface area contributed by atoms with Gasteiger partial charge >= 0.3 is 0 Å². The molecule has 0 bridgehead atoms. The van der Waals surface area contributed by atoms with Crippen molar-refractivity contribution in [3.63, 3.8) is 0 Å². The second-order valence-electron chi connectivity index (χ2n) is 5.43. The minimum Gasteiger partial charge on any atom is -0.495 e. The van der Waals surface area contributed by atoms with Crippen LogP contribution in [-0.2, 0) is 14.8 Å². The second-order valence-corrected chi connectivity index (χ2v) is 8.13. The van der Waals surface area contributed by atoms with Crippen LogP contribution in [0.25, 0.3) is 0 Å². The highest BCUT2D eigenvalue weighted by molar-refractivity contribution is 7.89. The third-order valence-electron chi connectivity index (χ3n) is 3.93. The van der Waals surface area contributed by atoms with Gasteiger partial charge in [0, 0.05) is 18.1 Å². The molecule has 1 unspecified atom stereocenters. The maximum atomic E-state index is 12.5. The number of benzene rings is 1. The van der Waals surface area contributed by atoms with E-state index in [0.717, 1.165) is 0 Å². The molecule has 0 spiro atoms. The van der Waals surface area contributed by atoms with Gasteiger partial charge in [-0.3, -0.25) is 4.79 Å². The lowest BCUT2D eigenvalue weighted by Gasteiger charge is -2.31. The van der Waals surface area contributed by atoms with Gasteiger partial charge < -0.3 is 10.1 Å². The number of piperidine rings is 1. The molecule has 0 aromatic heterocycles. The summed E-state index contributed by atoms with van der Waals surface area (Å²) in [6, 6.07) is 4.96. The van der Waals surface area contributed by atoms with Crippen LogP contribution < -0.4 is 10.1 Å². The Morgan fingerprint density at radius 1 is 1.48 bits per heavy atom. The monoisotopic (exact) mass is 360 g/mol. The Labute approximate surface area is 141 Å². The highest BCUT2D eigenvalue weighted by Crippen LogP contribution is 2.29. The summed E-state index contributed by atoms with van der Waals surface area (Å²) in [7, 11) is -1.76. The number of sulfonamides is 1. The predicted octanol–water partition coefficient (Wildman–Crippen LogP) is 2.35. The van der Waals surface area contributed by atoms with Crippen molar-refractivity contribution in [2.24, 2.45) is 5.92 Å². The normalized spacial score (nSPS) is 19.3. The number of ether oxygens (including phenoxy) is 1. The van der Waals surface area contributed by atoms with E-state index in [1.165, 1.54) is 11.4 Å². The Balaban J connectivity index is 2.10. The van der Waals surface area contributed by atoms with Crippen LogP contribution in [0.5, 0.6) is 5.75 Å². The lowest BCUT2D eigenvalue weighted by Crippen LogP contribution is -2.44. The molecule has 2 rings (SSSR count). The highest BCUT2D eigenvalue weighted by atomic mass is 35.5. The fraction of sp³-hybridized carbons (Fsp3) is 0.533. The first kappa shape index (κ1) is 18.0. The van der Waals surface area contributed by atoms with E-state index in [1.807, 2.05) is 0 Å². The van der Waals surface area contributed by atoms with Crippen LogP contribution in [0.2, 0.25) is 5.02 Å². The van der Waals surface area contributed by atoms with Crippen LogP contribution in [0.4, 0.5) is 5.69 Å². The number of nitrogens with zero attached hydrogens (tertiary/aromatic N) is 1. The van der Waals surface area contributed by atoms with Crippen molar-refractivity contribution in [3.05, 3.63) is 23.2 Å². The number of carbonyl (C=O) groups is 1. The van der Waals surface area contributed by atoms with Gasteiger partial charge in [-0.15, -0.1) is 0 Å². The average Bonchev–Trinajstić information content (AvgIpc) is 2.55. The first-order valence-corrected chi connectivity index (χ1v) is 9.48. The second kappa shape index (κ2) is 7.51. The van der Waals surface area contributed by atoms with Crippen LogP contribution in [-0.4, -0.2) is 44.6 Å². The summed E-state index contributed by atoms with van der Waals surface area (Å²) in [5.41, 5.74) is 0.487. The molecule has 0 radical (unpaired) electrons. The number of methoxy groups -OCH3 is 1. The Bertz CT molecular complexity index is 678. The van der Waals surface area contributed by atoms with Crippen molar-refractivity contribution >= 4 is 33.2 Å². The zero-order valence-corrected chi connectivity index (χ0v) is 14.8. The molecule has 0 saturated carbocycles. The van der Waals surface area contributed by atoms with Crippen LogP contribution in [0.3, 0.4) is 0 Å². The Morgan fingerprint density at radius 2 is 2.22 bits per heavy atom. The Kier molecular flexibility index (Phi) is 5.89. The summed E-state index contributed by atoms with van der Waals surface area (Å²) in [4.78, 5) is 12.5. The maximum absolute atomic E-state index is 12.5. The van der Waals surface area contributed by atoms with Crippen LogP contribution in [0.15, 0.2) is 18.2 Å². The Morgan fingerprint density at radius 3 is 2.87 bits per heavy atom. The van der Waals surface area contributed by atoms with E-state index in [2.05, 4.69) is 5.32 Å². The number of nitrogens with one attached hydrogen (secondary N) is 1. The molecule has 1 N–H and O–H groups in total. The minimum absolute atomic E-state index is 0.0451. The van der Waals surface area contributed by atoms with Crippen LogP contribution in [0, 0.1) is 5.92 Å². The lowest BCUT2D eigenvalue weighted by molar-refractivity contribution is -0.120. The number of hydrogen-bond acceptors (Lipinski definition) is 4. The van der Waals surface area contributed by atoms with Gasteiger partial charge in [0.05, 0.1) is 24.5 Å². The van der Waals surface area contributed by atoms with E-state index in [9.17, 15) is 13.2 Å². The smallest absolute Gasteiger partial charge is 0.228 e. The highest BCUT2D eigenvalue weighted by Gasteiger charge is 2.31. The van der Waals surface area contributed by atoms with Crippen molar-refractivity contribution in [2.75, 3.05) is 31.3 Å². The number of amides is 1. The third-order valence-corrected chi connectivity index (χ3v) is 6.02. The molecular weight excluding hydrogens is 340 g/mol. The van der Waals surface area contributed by atoms with Crippen molar-refractivity contribution in [1.82, 2.24) is 4.31 Å². The van der Waals surface area contributed by atoms with Gasteiger partial charge in [0.2, 0.25) is 15.9 Å². The fourth-order valence-electron chi connectivity index (χ4n) is 2.60. The zero-order valence-electron chi connectivity index (χ0n) is 13.2. The van der Waals surface area contributed by atoms with Gasteiger partial charge in [0.15, 0.2) is 0 Å². The summed E-state index contributed by atoms with van der Waals surface area (Å²) in [6.07, 6.45) is 1.33. The van der Waals surface area contributed by atoms with E-state index in [0.29, 0.717) is 35.8 Å². The van der Waals surface area contributed by atoms with Gasteiger partial charge in [-0.1, -0.05) is 11.6 Å². The topological polar surface area (TPSA) is 75.7 Å². The molecule has 1 heterocycles. The molecule has 1 fully saturated rings. The van der Waals surface area contributed by atoms with Crippen molar-refractivity contribution < 1.29 is 17.9 Å². The molecule has 6 nitrogen and oxygen atoms in total. The molecule has 0 aliphatic carbocycles. The molecule has 8 heteroatoms. The van der Waals surface area contributed by atoms with Crippen molar-refractivity contribution in [1.29, 1.82) is 0 Å². The summed E-state index contributed by atoms with van der Waals surface area (Å²) in [6.45, 7) is 2.29. The van der Waals surface area contributed by atoms with Crippen LogP contribution >= 0.6 is 11.6 Å². The van der Waals surface area contributed by atoms with Gasteiger partial charge in [-0.2, -0.15) is 0 Å². The predicted molar refractivity (Wildman–Crippen MR) is 90.4 cm³/mol. The number of hydrogen-bond donors (Lipinski definition) is 1. The first-order valence-electron chi connectivity index (χ1n) is 7.49. The SMILES string of the molecule is CCS(=O)(=O)N1CCCC(C(=O)Nc2cc(Cl)ccc2OC)C1. The molecule has 1 aromatic carbocycles. The summed E-state index contributed by atoms with van der Waals surface area (Å²) < 4.78 is 30.6. The number of anilines is 1. The fourth-order valence-corrected chi connectivity index (χ4v) is 3.96. The van der Waals surface area contributed by atoms with Gasteiger partial charge in [0.25, 0.3) is 0 Å². The standard InChI is InChI=1S/C15H21ClN2O4S/c1-3-23(20,21)18-8-4-5-11(10-18)15(19)17-13-9-12(16)6-7-14(13)22-2/h6-7,9,11H,3-5,8,10H2,1-2H3,(H,17,19). The summed E-state index contributed by atoms with van der Waals surface area (Å²) in [5.74, 6) is -0.0457. The quantitative estimate of drug-likeness (QED) is 0.874. The van der Waals surface area contributed by atoms with Crippen molar-refractivity contribution in [2.45, 2.75) is 19.8 Å². The molecule has 1 amide bonds. The average molecular weight is 361 g/mol. The molecular formula is C15H21ClN2O4S. The first-order chi connectivity index (χ1) is 10.9. The van der Waals surface area contributed by atoms with E-state index >= 15 is 0 Å². The number of halogens is 1. The molecule has 1 atom stereocenters. The zero-order chi connectivity index (χ0) is 17.0. The maximum Gasteiger partial charge on any atom is 0.228 e. The molecule has 1 aromatic rings. The summed E-state index contributed by atoms with van der Waals surface area (Å²) >= 11 is 5.95. The van der Waals surface area contributed by atoms with Gasteiger partial charge in [-0.05, 0) is 38.0 Å². The van der Waals surface area contributed by atoms with E-state index in [-0.39, 0.29) is 24.1 Å². The van der Waals surface area contributed by atoms with E-state index < -0.39 is 10.0 Å². The molecule has 128 valence electrons. The molecule has 1 aliphatic heterocycles. The third kappa shape index (κ3) is 4.37. The van der Waals surface area contributed by atoms with E-state index in [1.54, 1.807) is 25.1 Å². The van der Waals surface area contributed by atoms with E-state index in [4.69, 9.17) is 16.3 Å². The molecule has 1 aliphatic rings. The van der Waals surface area contributed by atoms with Gasteiger partial charge in [0.1, 0.15) is 5.75 Å². The molecule has 1 saturated heterocycles. The minimum atomic E-state index is -3.27. The Hall–Kier alpha value is -1.31.